The minimum absolute atomic E-state index is 0.886. The molecular weight excluding hydrogens is 333 g/mol. The normalized spacial score (nSPS) is 10.3. The summed E-state index contributed by atoms with van der Waals surface area (Å²) in [7, 11) is 0. The van der Waals surface area contributed by atoms with E-state index in [9.17, 15) is 0 Å². The molecule has 0 fully saturated rings. The predicted octanol–water partition coefficient (Wildman–Crippen LogP) is 4.86. The van der Waals surface area contributed by atoms with Crippen molar-refractivity contribution in [1.82, 2.24) is 0 Å². The molecule has 2 aromatic rings. The maximum atomic E-state index is 3.54. The highest BCUT2D eigenvalue weighted by Crippen LogP contribution is 2.18. The molecule has 0 bridgehead atoms. The molecule has 0 saturated heterocycles. The van der Waals surface area contributed by atoms with Gasteiger partial charge in [-0.1, -0.05) is 43.7 Å². The van der Waals surface area contributed by atoms with Crippen LogP contribution in [0.4, 0.5) is 5.69 Å². The lowest BCUT2D eigenvalue weighted by Gasteiger charge is -2.11. The molecular formula is C16H18IN. The van der Waals surface area contributed by atoms with Crippen molar-refractivity contribution in [1.29, 1.82) is 0 Å². The smallest absolute Gasteiger partial charge is 0.0401 e. The number of halogens is 1. The van der Waals surface area contributed by atoms with Crippen molar-refractivity contribution in [3.63, 3.8) is 0 Å². The van der Waals surface area contributed by atoms with Crippen LogP contribution in [0.25, 0.3) is 0 Å². The number of nitrogens with one attached hydrogen (secondary N) is 1. The van der Waals surface area contributed by atoms with Gasteiger partial charge in [0.2, 0.25) is 0 Å². The van der Waals surface area contributed by atoms with Crippen molar-refractivity contribution < 1.29 is 0 Å². The molecule has 1 nitrogen and oxygen atoms in total. The topological polar surface area (TPSA) is 12.0 Å². The van der Waals surface area contributed by atoms with Gasteiger partial charge >= 0.3 is 0 Å². The van der Waals surface area contributed by atoms with Crippen LogP contribution in [0.5, 0.6) is 0 Å². The summed E-state index contributed by atoms with van der Waals surface area (Å²) in [4.78, 5) is 0. The zero-order chi connectivity index (χ0) is 12.8. The van der Waals surface area contributed by atoms with E-state index in [1.165, 1.54) is 26.8 Å². The van der Waals surface area contributed by atoms with E-state index < -0.39 is 0 Å². The van der Waals surface area contributed by atoms with Gasteiger partial charge < -0.3 is 5.32 Å². The number of hydrogen-bond acceptors (Lipinski definition) is 1. The van der Waals surface area contributed by atoms with Crippen molar-refractivity contribution in [2.24, 2.45) is 0 Å². The Hall–Kier alpha value is -1.03. The molecule has 0 amide bonds. The Bertz CT molecular complexity index is 508. The Morgan fingerprint density at radius 2 is 1.89 bits per heavy atom. The lowest BCUT2D eigenvalue weighted by atomic mass is 10.1. The summed E-state index contributed by atoms with van der Waals surface area (Å²) in [5.74, 6) is 0. The highest BCUT2D eigenvalue weighted by Gasteiger charge is 2.00. The van der Waals surface area contributed by atoms with Crippen molar-refractivity contribution in [2.45, 2.75) is 26.3 Å². The molecule has 2 aromatic carbocycles. The van der Waals surface area contributed by atoms with Gasteiger partial charge in [0.25, 0.3) is 0 Å². The lowest BCUT2D eigenvalue weighted by Crippen LogP contribution is -2.02. The first-order valence-corrected chi connectivity index (χ1v) is 7.43. The molecule has 0 radical (unpaired) electrons. The fourth-order valence-electron chi connectivity index (χ4n) is 2.02. The standard InChI is InChI=1S/C16H18IN/c1-2-6-14-8-3-4-10-16(14)18-12-13-7-5-9-15(17)11-13/h3-5,7-11,18H,2,6,12H2,1H3. The summed E-state index contributed by atoms with van der Waals surface area (Å²) in [5.41, 5.74) is 4.00. The second kappa shape index (κ2) is 6.78. The number of anilines is 1. The van der Waals surface area contributed by atoms with Crippen LogP contribution in [-0.2, 0) is 13.0 Å². The fourth-order valence-corrected chi connectivity index (χ4v) is 2.63. The monoisotopic (exact) mass is 351 g/mol. The molecule has 94 valence electrons. The summed E-state index contributed by atoms with van der Waals surface area (Å²) in [5, 5.41) is 3.54. The zero-order valence-electron chi connectivity index (χ0n) is 10.6. The molecule has 0 aliphatic heterocycles. The third-order valence-electron chi connectivity index (χ3n) is 2.91. The van der Waals surface area contributed by atoms with Crippen LogP contribution in [0.15, 0.2) is 48.5 Å². The molecule has 18 heavy (non-hydrogen) atoms. The molecule has 2 heteroatoms. The molecule has 0 heterocycles. The van der Waals surface area contributed by atoms with Gasteiger partial charge in [0.05, 0.1) is 0 Å². The van der Waals surface area contributed by atoms with Gasteiger partial charge in [-0.15, -0.1) is 0 Å². The van der Waals surface area contributed by atoms with Gasteiger partial charge in [0, 0.05) is 15.8 Å². The van der Waals surface area contributed by atoms with Crippen LogP contribution >= 0.6 is 22.6 Å². The van der Waals surface area contributed by atoms with Crippen LogP contribution in [0.1, 0.15) is 24.5 Å². The number of aryl methyl sites for hydroxylation is 1. The second-order valence-corrected chi connectivity index (χ2v) is 5.64. The Labute approximate surface area is 123 Å². The van der Waals surface area contributed by atoms with E-state index in [1.807, 2.05) is 0 Å². The highest BCUT2D eigenvalue weighted by atomic mass is 127. The molecule has 0 spiro atoms. The molecule has 2 rings (SSSR count). The third kappa shape index (κ3) is 3.73. The largest absolute Gasteiger partial charge is 0.381 e. The second-order valence-electron chi connectivity index (χ2n) is 4.39. The van der Waals surface area contributed by atoms with Gasteiger partial charge in [0.15, 0.2) is 0 Å². The van der Waals surface area contributed by atoms with Crippen LogP contribution in [0.2, 0.25) is 0 Å². The molecule has 0 atom stereocenters. The average Bonchev–Trinajstić information content (AvgIpc) is 2.38. The number of benzene rings is 2. The summed E-state index contributed by atoms with van der Waals surface area (Å²) in [6, 6.07) is 17.2. The van der Waals surface area contributed by atoms with E-state index in [4.69, 9.17) is 0 Å². The van der Waals surface area contributed by atoms with Crippen LogP contribution in [0.3, 0.4) is 0 Å². The maximum Gasteiger partial charge on any atom is 0.0401 e. The summed E-state index contributed by atoms with van der Waals surface area (Å²) in [6.07, 6.45) is 2.32. The number of hydrogen-bond donors (Lipinski definition) is 1. The number of rotatable bonds is 5. The van der Waals surface area contributed by atoms with E-state index in [2.05, 4.69) is 83.4 Å². The summed E-state index contributed by atoms with van der Waals surface area (Å²) >= 11 is 2.35. The van der Waals surface area contributed by atoms with Gasteiger partial charge in [0.1, 0.15) is 0 Å². The van der Waals surface area contributed by atoms with Crippen molar-refractivity contribution in [3.05, 3.63) is 63.2 Å². The molecule has 0 aliphatic rings. The van der Waals surface area contributed by atoms with Gasteiger partial charge in [-0.3, -0.25) is 0 Å². The van der Waals surface area contributed by atoms with E-state index >= 15 is 0 Å². The lowest BCUT2D eigenvalue weighted by molar-refractivity contribution is 0.919. The van der Waals surface area contributed by atoms with Crippen molar-refractivity contribution in [3.8, 4) is 0 Å². The molecule has 0 aliphatic carbocycles. The van der Waals surface area contributed by atoms with E-state index in [1.54, 1.807) is 0 Å². The first kappa shape index (κ1) is 13.4. The first-order valence-electron chi connectivity index (χ1n) is 6.36. The van der Waals surface area contributed by atoms with Gasteiger partial charge in [-0.25, -0.2) is 0 Å². The average molecular weight is 351 g/mol. The van der Waals surface area contributed by atoms with Gasteiger partial charge in [-0.2, -0.15) is 0 Å². The fraction of sp³-hybridized carbons (Fsp3) is 0.250. The summed E-state index contributed by atoms with van der Waals surface area (Å²) in [6.45, 7) is 3.11. The number of para-hydroxylation sites is 1. The zero-order valence-corrected chi connectivity index (χ0v) is 12.8. The maximum absolute atomic E-state index is 3.54. The van der Waals surface area contributed by atoms with Crippen LogP contribution in [0, 0.1) is 3.57 Å². The van der Waals surface area contributed by atoms with Crippen molar-refractivity contribution >= 4 is 28.3 Å². The quantitative estimate of drug-likeness (QED) is 0.759. The van der Waals surface area contributed by atoms with Crippen LogP contribution < -0.4 is 5.32 Å². The minimum Gasteiger partial charge on any atom is -0.381 e. The Morgan fingerprint density at radius 3 is 2.67 bits per heavy atom. The molecule has 0 saturated carbocycles. The predicted molar refractivity (Wildman–Crippen MR) is 86.9 cm³/mol. The Balaban J connectivity index is 2.06. The molecule has 0 unspecified atom stereocenters. The molecule has 0 aromatic heterocycles. The van der Waals surface area contributed by atoms with Crippen LogP contribution in [-0.4, -0.2) is 0 Å². The van der Waals surface area contributed by atoms with E-state index in [0.29, 0.717) is 0 Å². The highest BCUT2D eigenvalue weighted by molar-refractivity contribution is 14.1. The SMILES string of the molecule is CCCc1ccccc1NCc1cccc(I)c1. The van der Waals surface area contributed by atoms with E-state index in [-0.39, 0.29) is 0 Å². The van der Waals surface area contributed by atoms with Gasteiger partial charge in [-0.05, 0) is 58.3 Å². The Morgan fingerprint density at radius 1 is 1.06 bits per heavy atom. The minimum atomic E-state index is 0.886. The first-order chi connectivity index (χ1) is 8.79. The van der Waals surface area contributed by atoms with E-state index in [0.717, 1.165) is 13.0 Å². The summed E-state index contributed by atoms with van der Waals surface area (Å²) < 4.78 is 1.29. The molecule has 1 N–H and O–H groups in total. The van der Waals surface area contributed by atoms with Crippen molar-refractivity contribution in [2.75, 3.05) is 5.32 Å². The third-order valence-corrected chi connectivity index (χ3v) is 3.58. The Kier molecular flexibility index (Phi) is 5.05.